The van der Waals surface area contributed by atoms with Gasteiger partial charge in [0.15, 0.2) is 0 Å². The van der Waals surface area contributed by atoms with Crippen LogP contribution in [0.15, 0.2) is 48.6 Å². The second-order valence-electron chi connectivity index (χ2n) is 10.2. The normalized spacial score (nSPS) is 21.8. The van der Waals surface area contributed by atoms with E-state index in [0.717, 1.165) is 16.3 Å². The van der Waals surface area contributed by atoms with Crippen LogP contribution in [0.2, 0.25) is 0 Å². The molecule has 178 valence electrons. The Morgan fingerprint density at radius 2 is 1.55 bits per heavy atom. The largest absolute Gasteiger partial charge is 0.443 e. The number of fused-ring (bicyclic) bond motifs is 1. The Hall–Kier alpha value is -3.29. The summed E-state index contributed by atoms with van der Waals surface area (Å²) < 4.78 is 10.9. The molecule has 1 aromatic carbocycles. The maximum atomic E-state index is 13.1. The van der Waals surface area contributed by atoms with Gasteiger partial charge in [0, 0.05) is 18.5 Å². The number of nitrogens with zero attached hydrogens (tertiary/aromatic N) is 2. The van der Waals surface area contributed by atoms with E-state index in [0.29, 0.717) is 0 Å². The Kier molecular flexibility index (Phi) is 6.58. The molecular formula is C25H33N3O5. The topological polar surface area (TPSA) is 88.2 Å². The summed E-state index contributed by atoms with van der Waals surface area (Å²) in [6.07, 6.45) is 4.20. The standard InChI is InChI=1S/C25H33N3O5/c1-16(29)27-19-13-14-20(18(19)15-21(27)17-11-9-8-10-12-17)28(23(31)33-25(5,6)7)26-22(30)32-24(2,3)4/h8-15,18-20H,1-7H3,(H,26,30)/t18-,19-,20?/m1/s1. The van der Waals surface area contributed by atoms with Crippen molar-refractivity contribution in [1.29, 1.82) is 0 Å². The lowest BCUT2D eigenvalue weighted by Gasteiger charge is -2.34. The minimum absolute atomic E-state index is 0.105. The van der Waals surface area contributed by atoms with Gasteiger partial charge in [-0.25, -0.2) is 20.0 Å². The monoisotopic (exact) mass is 455 g/mol. The summed E-state index contributed by atoms with van der Waals surface area (Å²) in [7, 11) is 0. The van der Waals surface area contributed by atoms with E-state index in [-0.39, 0.29) is 17.9 Å². The number of hydrogen-bond donors (Lipinski definition) is 1. The highest BCUT2D eigenvalue weighted by atomic mass is 16.6. The maximum Gasteiger partial charge on any atom is 0.429 e. The summed E-state index contributed by atoms with van der Waals surface area (Å²) in [4.78, 5) is 39.9. The van der Waals surface area contributed by atoms with Crippen LogP contribution in [0.1, 0.15) is 54.0 Å². The van der Waals surface area contributed by atoms with Crippen LogP contribution in [-0.4, -0.2) is 51.3 Å². The molecule has 1 aromatic rings. The van der Waals surface area contributed by atoms with Gasteiger partial charge in [-0.05, 0) is 47.1 Å². The van der Waals surface area contributed by atoms with Crippen molar-refractivity contribution in [2.24, 2.45) is 5.92 Å². The molecule has 0 spiro atoms. The lowest BCUT2D eigenvalue weighted by Crippen LogP contribution is -2.56. The van der Waals surface area contributed by atoms with E-state index in [1.807, 2.05) is 48.6 Å². The molecule has 0 saturated carbocycles. The van der Waals surface area contributed by atoms with E-state index >= 15 is 0 Å². The predicted octanol–water partition coefficient (Wildman–Crippen LogP) is 4.49. The Morgan fingerprint density at radius 3 is 2.09 bits per heavy atom. The molecule has 8 heteroatoms. The first-order chi connectivity index (χ1) is 15.3. The lowest BCUT2D eigenvalue weighted by atomic mass is 9.99. The zero-order chi connectivity index (χ0) is 24.6. The van der Waals surface area contributed by atoms with Crippen LogP contribution < -0.4 is 5.43 Å². The minimum atomic E-state index is -0.765. The average molecular weight is 456 g/mol. The van der Waals surface area contributed by atoms with Crippen molar-refractivity contribution in [1.82, 2.24) is 15.3 Å². The number of amides is 3. The highest BCUT2D eigenvalue weighted by Gasteiger charge is 2.47. The zero-order valence-electron chi connectivity index (χ0n) is 20.3. The molecule has 0 bridgehead atoms. The molecule has 3 rings (SSSR count). The molecule has 1 unspecified atom stereocenters. The smallest absolute Gasteiger partial charge is 0.429 e. The summed E-state index contributed by atoms with van der Waals surface area (Å²) in [6.45, 7) is 12.0. The third-order valence-corrected chi connectivity index (χ3v) is 5.11. The maximum absolute atomic E-state index is 13.1. The van der Waals surface area contributed by atoms with Crippen molar-refractivity contribution in [2.45, 2.75) is 71.8 Å². The fourth-order valence-corrected chi connectivity index (χ4v) is 4.00. The minimum Gasteiger partial charge on any atom is -0.443 e. The van der Waals surface area contributed by atoms with E-state index in [2.05, 4.69) is 5.43 Å². The predicted molar refractivity (Wildman–Crippen MR) is 125 cm³/mol. The highest BCUT2D eigenvalue weighted by molar-refractivity contribution is 5.88. The molecule has 0 aromatic heterocycles. The van der Waals surface area contributed by atoms with Crippen molar-refractivity contribution < 1.29 is 23.9 Å². The van der Waals surface area contributed by atoms with Crippen molar-refractivity contribution in [3.05, 3.63) is 54.1 Å². The molecule has 1 N–H and O–H groups in total. The van der Waals surface area contributed by atoms with E-state index in [4.69, 9.17) is 9.47 Å². The van der Waals surface area contributed by atoms with Crippen LogP contribution in [0, 0.1) is 5.92 Å². The van der Waals surface area contributed by atoms with Gasteiger partial charge in [0.25, 0.3) is 0 Å². The van der Waals surface area contributed by atoms with Crippen LogP contribution in [0.4, 0.5) is 9.59 Å². The zero-order valence-corrected chi connectivity index (χ0v) is 20.3. The molecule has 0 saturated heterocycles. The van der Waals surface area contributed by atoms with Gasteiger partial charge in [0.05, 0.1) is 12.1 Å². The SMILES string of the molecule is CC(=O)N1C(c2ccccc2)=C[C@H]2C(N(NC(=O)OC(C)(C)C)C(=O)OC(C)(C)C)C=C[C@H]21. The van der Waals surface area contributed by atoms with Crippen LogP contribution in [-0.2, 0) is 14.3 Å². The molecule has 1 aliphatic carbocycles. The Balaban J connectivity index is 1.94. The quantitative estimate of drug-likeness (QED) is 0.524. The highest BCUT2D eigenvalue weighted by Crippen LogP contribution is 2.41. The molecular weight excluding hydrogens is 422 g/mol. The number of benzene rings is 1. The van der Waals surface area contributed by atoms with Crippen molar-refractivity contribution in [2.75, 3.05) is 0 Å². The Morgan fingerprint density at radius 1 is 0.939 bits per heavy atom. The molecule has 2 aliphatic rings. The summed E-state index contributed by atoms with van der Waals surface area (Å²) >= 11 is 0. The molecule has 33 heavy (non-hydrogen) atoms. The van der Waals surface area contributed by atoms with Gasteiger partial charge in [-0.1, -0.05) is 48.6 Å². The fourth-order valence-electron chi connectivity index (χ4n) is 4.00. The van der Waals surface area contributed by atoms with Gasteiger partial charge in [0.2, 0.25) is 5.91 Å². The number of nitrogens with one attached hydrogen (secondary N) is 1. The van der Waals surface area contributed by atoms with Gasteiger partial charge < -0.3 is 14.4 Å². The van der Waals surface area contributed by atoms with Crippen molar-refractivity contribution in [3.63, 3.8) is 0 Å². The summed E-state index contributed by atoms with van der Waals surface area (Å²) in [6, 6.07) is 8.75. The number of carbonyl (C=O) groups is 3. The van der Waals surface area contributed by atoms with Gasteiger partial charge >= 0.3 is 12.2 Å². The second-order valence-corrected chi connectivity index (χ2v) is 10.2. The van der Waals surface area contributed by atoms with Gasteiger partial charge in [0.1, 0.15) is 11.2 Å². The number of hydrogen-bond acceptors (Lipinski definition) is 5. The first kappa shape index (κ1) is 24.4. The average Bonchev–Trinajstić information content (AvgIpc) is 3.23. The van der Waals surface area contributed by atoms with Gasteiger partial charge in [-0.2, -0.15) is 0 Å². The number of rotatable bonds is 2. The van der Waals surface area contributed by atoms with E-state index < -0.39 is 29.4 Å². The third-order valence-electron chi connectivity index (χ3n) is 5.11. The fraction of sp³-hybridized carbons (Fsp3) is 0.480. The summed E-state index contributed by atoms with van der Waals surface area (Å²) in [5.41, 5.74) is 2.73. The van der Waals surface area contributed by atoms with Crippen molar-refractivity contribution in [3.8, 4) is 0 Å². The Bertz CT molecular complexity index is 972. The van der Waals surface area contributed by atoms with Crippen LogP contribution >= 0.6 is 0 Å². The molecule has 0 fully saturated rings. The molecule has 3 amide bonds. The molecule has 0 radical (unpaired) electrons. The lowest BCUT2D eigenvalue weighted by molar-refractivity contribution is -0.126. The van der Waals surface area contributed by atoms with Crippen LogP contribution in [0.5, 0.6) is 0 Å². The first-order valence-corrected chi connectivity index (χ1v) is 11.0. The molecule has 1 aliphatic heterocycles. The van der Waals surface area contributed by atoms with Gasteiger partial charge in [-0.15, -0.1) is 0 Å². The van der Waals surface area contributed by atoms with E-state index in [1.165, 1.54) is 6.92 Å². The van der Waals surface area contributed by atoms with E-state index in [1.54, 1.807) is 46.4 Å². The Labute approximate surface area is 195 Å². The first-order valence-electron chi connectivity index (χ1n) is 11.0. The van der Waals surface area contributed by atoms with Crippen LogP contribution in [0.25, 0.3) is 5.70 Å². The molecule has 8 nitrogen and oxygen atoms in total. The third kappa shape index (κ3) is 5.74. The van der Waals surface area contributed by atoms with Gasteiger partial charge in [-0.3, -0.25) is 4.79 Å². The summed E-state index contributed by atoms with van der Waals surface area (Å²) in [5.74, 6) is -0.376. The van der Waals surface area contributed by atoms with E-state index in [9.17, 15) is 14.4 Å². The van der Waals surface area contributed by atoms with Crippen molar-refractivity contribution >= 4 is 23.8 Å². The number of carbonyl (C=O) groups excluding carboxylic acids is 3. The van der Waals surface area contributed by atoms with Crippen LogP contribution in [0.3, 0.4) is 0 Å². The molecule has 3 atom stereocenters. The molecule has 1 heterocycles. The summed E-state index contributed by atoms with van der Waals surface area (Å²) in [5, 5.41) is 1.16. The second kappa shape index (κ2) is 8.92. The number of hydrazine groups is 1. The number of ether oxygens (including phenoxy) is 2.